The minimum Gasteiger partial charge on any atom is -0.496 e. The van der Waals surface area contributed by atoms with Gasteiger partial charge in [-0.3, -0.25) is 0 Å². The number of carboxylic acids is 1. The van der Waals surface area contributed by atoms with Crippen molar-refractivity contribution in [3.05, 3.63) is 29.3 Å². The van der Waals surface area contributed by atoms with E-state index >= 15 is 0 Å². The molecule has 1 aromatic carbocycles. The van der Waals surface area contributed by atoms with E-state index in [1.54, 1.807) is 45.9 Å². The van der Waals surface area contributed by atoms with Gasteiger partial charge in [0.15, 0.2) is 6.04 Å². The molecule has 116 valence electrons. The number of carboxylic acid groups (broad SMARTS) is 1. The molecule has 0 saturated heterocycles. The Kier molecular flexibility index (Phi) is 5.18. The van der Waals surface area contributed by atoms with Gasteiger partial charge in [0.05, 0.1) is 7.11 Å². The molecule has 1 aromatic rings. The van der Waals surface area contributed by atoms with Crippen molar-refractivity contribution in [2.24, 2.45) is 0 Å². The molecule has 1 rings (SSSR count). The first-order valence-electron chi connectivity index (χ1n) is 6.51. The summed E-state index contributed by atoms with van der Waals surface area (Å²) in [6.45, 7) is 6.92. The van der Waals surface area contributed by atoms with Crippen LogP contribution >= 0.6 is 0 Å². The number of benzene rings is 1. The zero-order chi connectivity index (χ0) is 16.2. The number of carbonyl (C=O) groups excluding carboxylic acids is 1. The molecule has 0 unspecified atom stereocenters. The van der Waals surface area contributed by atoms with Crippen LogP contribution in [-0.4, -0.2) is 29.9 Å². The molecule has 0 aliphatic carbocycles. The number of nitrogens with one attached hydrogen (secondary N) is 1. The van der Waals surface area contributed by atoms with Gasteiger partial charge in [-0.1, -0.05) is 6.07 Å². The molecule has 0 aliphatic rings. The number of alkyl carbamates (subject to hydrolysis) is 1. The van der Waals surface area contributed by atoms with Gasteiger partial charge in [0.25, 0.3) is 0 Å². The SMILES string of the molecule is COc1ccc([C@@H](NC(=O)OC(C)(C)C)C(=O)O)cc1C. The Hall–Kier alpha value is -2.24. The van der Waals surface area contributed by atoms with Crippen LogP contribution in [-0.2, 0) is 9.53 Å². The largest absolute Gasteiger partial charge is 0.496 e. The topological polar surface area (TPSA) is 84.9 Å². The number of aliphatic carboxylic acids is 1. The van der Waals surface area contributed by atoms with Crippen LogP contribution in [0.3, 0.4) is 0 Å². The smallest absolute Gasteiger partial charge is 0.408 e. The van der Waals surface area contributed by atoms with Crippen LogP contribution in [0.5, 0.6) is 5.75 Å². The normalized spacial score (nSPS) is 12.4. The molecule has 0 saturated carbocycles. The highest BCUT2D eigenvalue weighted by Gasteiger charge is 2.25. The Morgan fingerprint density at radius 2 is 1.90 bits per heavy atom. The van der Waals surface area contributed by atoms with Crippen molar-refractivity contribution in [2.45, 2.75) is 39.3 Å². The molecule has 0 radical (unpaired) electrons. The molecule has 0 bridgehead atoms. The molecule has 0 aromatic heterocycles. The zero-order valence-corrected chi connectivity index (χ0v) is 12.9. The summed E-state index contributed by atoms with van der Waals surface area (Å²) in [7, 11) is 1.54. The van der Waals surface area contributed by atoms with Crippen LogP contribution in [0.4, 0.5) is 4.79 Å². The van der Waals surface area contributed by atoms with Crippen molar-refractivity contribution in [1.82, 2.24) is 5.32 Å². The van der Waals surface area contributed by atoms with E-state index < -0.39 is 23.7 Å². The summed E-state index contributed by atoms with van der Waals surface area (Å²) in [4.78, 5) is 23.1. The zero-order valence-electron chi connectivity index (χ0n) is 12.9. The highest BCUT2D eigenvalue weighted by Crippen LogP contribution is 2.23. The van der Waals surface area contributed by atoms with Gasteiger partial charge >= 0.3 is 12.1 Å². The summed E-state index contributed by atoms with van der Waals surface area (Å²) in [5, 5.41) is 11.6. The fraction of sp³-hybridized carbons (Fsp3) is 0.467. The minimum absolute atomic E-state index is 0.451. The fourth-order valence-corrected chi connectivity index (χ4v) is 1.79. The van der Waals surface area contributed by atoms with Gasteiger partial charge in [0, 0.05) is 0 Å². The van der Waals surface area contributed by atoms with E-state index in [1.165, 1.54) is 7.11 Å². The lowest BCUT2D eigenvalue weighted by Crippen LogP contribution is -2.38. The Balaban J connectivity index is 2.95. The van der Waals surface area contributed by atoms with Crippen molar-refractivity contribution in [3.8, 4) is 5.75 Å². The van der Waals surface area contributed by atoms with Gasteiger partial charge in [0.1, 0.15) is 11.4 Å². The summed E-state index contributed by atoms with van der Waals surface area (Å²) in [5.41, 5.74) is 0.544. The van der Waals surface area contributed by atoms with E-state index in [0.29, 0.717) is 11.3 Å². The summed E-state index contributed by atoms with van der Waals surface area (Å²) < 4.78 is 10.2. The summed E-state index contributed by atoms with van der Waals surface area (Å²) >= 11 is 0. The quantitative estimate of drug-likeness (QED) is 0.892. The van der Waals surface area contributed by atoms with Gasteiger partial charge in [-0.25, -0.2) is 9.59 Å². The van der Waals surface area contributed by atoms with E-state index in [2.05, 4.69) is 5.32 Å². The van der Waals surface area contributed by atoms with Crippen molar-refractivity contribution >= 4 is 12.1 Å². The van der Waals surface area contributed by atoms with Crippen LogP contribution in [0, 0.1) is 6.92 Å². The van der Waals surface area contributed by atoms with Crippen LogP contribution in [0.2, 0.25) is 0 Å². The van der Waals surface area contributed by atoms with Gasteiger partial charge in [0.2, 0.25) is 0 Å². The first-order chi connectivity index (χ1) is 9.64. The monoisotopic (exact) mass is 295 g/mol. The third kappa shape index (κ3) is 4.98. The molecule has 0 spiro atoms. The maximum Gasteiger partial charge on any atom is 0.408 e. The molecule has 6 heteroatoms. The molecule has 0 aliphatic heterocycles. The van der Waals surface area contributed by atoms with Crippen LogP contribution in [0.15, 0.2) is 18.2 Å². The lowest BCUT2D eigenvalue weighted by molar-refractivity contribution is -0.139. The second-order valence-corrected chi connectivity index (χ2v) is 5.65. The number of carbonyl (C=O) groups is 2. The summed E-state index contributed by atoms with van der Waals surface area (Å²) in [6.07, 6.45) is -0.775. The van der Waals surface area contributed by atoms with Crippen molar-refractivity contribution in [1.29, 1.82) is 0 Å². The second-order valence-electron chi connectivity index (χ2n) is 5.65. The number of aryl methyl sites for hydroxylation is 1. The van der Waals surface area contributed by atoms with Crippen molar-refractivity contribution in [3.63, 3.8) is 0 Å². The van der Waals surface area contributed by atoms with Crippen molar-refractivity contribution in [2.75, 3.05) is 7.11 Å². The molecular weight excluding hydrogens is 274 g/mol. The molecule has 6 nitrogen and oxygen atoms in total. The maximum absolute atomic E-state index is 11.7. The second kappa shape index (κ2) is 6.47. The van der Waals surface area contributed by atoms with Crippen molar-refractivity contribution < 1.29 is 24.2 Å². The standard InChI is InChI=1S/C15H21NO5/c1-9-8-10(6-7-11(9)20-5)12(13(17)18)16-14(19)21-15(2,3)4/h6-8,12H,1-5H3,(H,16,19)(H,17,18)/t12-/m1/s1. The van der Waals surface area contributed by atoms with Crippen LogP contribution in [0.25, 0.3) is 0 Å². The summed E-state index contributed by atoms with van der Waals surface area (Å²) in [6, 6.07) is 3.75. The molecular formula is C15H21NO5. The number of ether oxygens (including phenoxy) is 2. The average molecular weight is 295 g/mol. The average Bonchev–Trinajstić information content (AvgIpc) is 2.33. The number of hydrogen-bond donors (Lipinski definition) is 2. The van der Waals surface area contributed by atoms with Crippen LogP contribution < -0.4 is 10.1 Å². The van der Waals surface area contributed by atoms with Gasteiger partial charge < -0.3 is 19.9 Å². The number of methoxy groups -OCH3 is 1. The third-order valence-electron chi connectivity index (χ3n) is 2.66. The van der Waals surface area contributed by atoms with E-state index in [9.17, 15) is 14.7 Å². The molecule has 0 heterocycles. The lowest BCUT2D eigenvalue weighted by Gasteiger charge is -2.22. The molecule has 0 fully saturated rings. The lowest BCUT2D eigenvalue weighted by atomic mass is 10.0. The maximum atomic E-state index is 11.7. The molecule has 2 N–H and O–H groups in total. The number of amides is 1. The molecule has 21 heavy (non-hydrogen) atoms. The van der Waals surface area contributed by atoms with Gasteiger partial charge in [-0.2, -0.15) is 0 Å². The number of rotatable bonds is 4. The van der Waals surface area contributed by atoms with Crippen LogP contribution in [0.1, 0.15) is 37.9 Å². The van der Waals surface area contributed by atoms with Gasteiger partial charge in [-0.05, 0) is 51.0 Å². The third-order valence-corrected chi connectivity index (χ3v) is 2.66. The summed E-state index contributed by atoms with van der Waals surface area (Å²) in [5.74, 6) is -0.509. The number of hydrogen-bond acceptors (Lipinski definition) is 4. The molecule has 1 atom stereocenters. The molecule has 1 amide bonds. The first-order valence-corrected chi connectivity index (χ1v) is 6.51. The first kappa shape index (κ1) is 16.8. The van der Waals surface area contributed by atoms with E-state index in [4.69, 9.17) is 9.47 Å². The predicted octanol–water partition coefficient (Wildman–Crippen LogP) is 2.65. The Morgan fingerprint density at radius 3 is 2.33 bits per heavy atom. The fourth-order valence-electron chi connectivity index (χ4n) is 1.79. The highest BCUT2D eigenvalue weighted by molar-refractivity contribution is 5.81. The highest BCUT2D eigenvalue weighted by atomic mass is 16.6. The Labute approximate surface area is 124 Å². The van der Waals surface area contributed by atoms with Gasteiger partial charge in [-0.15, -0.1) is 0 Å². The van der Waals surface area contributed by atoms with E-state index in [0.717, 1.165) is 5.56 Å². The Bertz CT molecular complexity index is 533. The predicted molar refractivity (Wildman–Crippen MR) is 77.5 cm³/mol. The van der Waals surface area contributed by atoms with E-state index in [1.807, 2.05) is 0 Å². The minimum atomic E-state index is -1.18. The van der Waals surface area contributed by atoms with E-state index in [-0.39, 0.29) is 0 Å². The Morgan fingerprint density at radius 1 is 1.29 bits per heavy atom.